The highest BCUT2D eigenvalue weighted by Crippen LogP contribution is 2.71. The molecule has 3 aromatic heterocycles. The molecule has 5 aromatic rings. The molecular formula is C28H24N2S5. The number of nitrogens with two attached hydrogens (primary N) is 1. The first kappa shape index (κ1) is 22.4. The van der Waals surface area contributed by atoms with E-state index in [2.05, 4.69) is 79.6 Å². The lowest BCUT2D eigenvalue weighted by Gasteiger charge is -2.23. The zero-order valence-corrected chi connectivity index (χ0v) is 24.0. The second kappa shape index (κ2) is 7.62. The zero-order chi connectivity index (χ0) is 24.2. The van der Waals surface area contributed by atoms with Crippen LogP contribution >= 0.6 is 58.8 Å². The molecule has 0 fully saturated rings. The average Bonchev–Trinajstić information content (AvgIpc) is 3.54. The second-order valence-corrected chi connectivity index (χ2v) is 15.1. The van der Waals surface area contributed by atoms with Crippen molar-refractivity contribution in [2.75, 3.05) is 0 Å². The van der Waals surface area contributed by atoms with Crippen LogP contribution in [0.4, 0.5) is 0 Å². The van der Waals surface area contributed by atoms with E-state index < -0.39 is 0 Å². The zero-order valence-electron chi connectivity index (χ0n) is 19.8. The molecule has 2 aromatic carbocycles. The molecule has 0 amide bonds. The van der Waals surface area contributed by atoms with Crippen LogP contribution in [-0.2, 0) is 4.75 Å². The van der Waals surface area contributed by atoms with Gasteiger partial charge in [0, 0.05) is 45.9 Å². The normalized spacial score (nSPS) is 21.2. The molecule has 2 aliphatic heterocycles. The SMILES string of the molecule is C/C(N)=C\c1c(S)c2sc3cc4c(cc3c2n1-c1ccc(C)cc1)SC1c2sc(C)cc2SC41C. The molecule has 2 nitrogen and oxygen atoms in total. The molecule has 35 heavy (non-hydrogen) atoms. The largest absolute Gasteiger partial charge is 0.402 e. The number of allylic oxidation sites excluding steroid dienone is 1. The maximum Gasteiger partial charge on any atom is 0.0733 e. The van der Waals surface area contributed by atoms with Crippen LogP contribution in [0.2, 0.25) is 0 Å². The number of rotatable bonds is 2. The average molecular weight is 549 g/mol. The van der Waals surface area contributed by atoms with Crippen LogP contribution in [0.25, 0.3) is 32.1 Å². The lowest BCUT2D eigenvalue weighted by atomic mass is 9.95. The van der Waals surface area contributed by atoms with Gasteiger partial charge in [-0.3, -0.25) is 0 Å². The lowest BCUT2D eigenvalue weighted by Crippen LogP contribution is -2.15. The van der Waals surface area contributed by atoms with Gasteiger partial charge < -0.3 is 10.3 Å². The van der Waals surface area contributed by atoms with Crippen molar-refractivity contribution in [2.45, 2.75) is 52.4 Å². The van der Waals surface area contributed by atoms with E-state index >= 15 is 0 Å². The summed E-state index contributed by atoms with van der Waals surface area (Å²) in [7, 11) is 0. The highest BCUT2D eigenvalue weighted by atomic mass is 32.2. The fraction of sp³-hybridized carbons (Fsp3) is 0.214. The van der Waals surface area contributed by atoms with E-state index in [1.165, 1.54) is 46.1 Å². The van der Waals surface area contributed by atoms with Crippen molar-refractivity contribution in [2.24, 2.45) is 5.73 Å². The van der Waals surface area contributed by atoms with Crippen LogP contribution < -0.4 is 5.73 Å². The van der Waals surface area contributed by atoms with Gasteiger partial charge in [0.05, 0.1) is 25.9 Å². The Labute approximate surface area is 227 Å². The topological polar surface area (TPSA) is 30.9 Å². The summed E-state index contributed by atoms with van der Waals surface area (Å²) in [6, 6.07) is 16.0. The Balaban J connectivity index is 1.49. The predicted molar refractivity (Wildman–Crippen MR) is 159 cm³/mol. The third-order valence-electron chi connectivity index (χ3n) is 7.03. The molecule has 2 unspecified atom stereocenters. The summed E-state index contributed by atoms with van der Waals surface area (Å²) in [6.07, 6.45) is 2.05. The third-order valence-corrected chi connectivity index (χ3v) is 13.3. The Hall–Kier alpha value is -1.77. The Morgan fingerprint density at radius 1 is 1.09 bits per heavy atom. The van der Waals surface area contributed by atoms with E-state index in [-0.39, 0.29) is 4.75 Å². The number of thiophene rings is 2. The van der Waals surface area contributed by atoms with Crippen LogP contribution in [0, 0.1) is 13.8 Å². The van der Waals surface area contributed by atoms with E-state index in [9.17, 15) is 0 Å². The predicted octanol–water partition coefficient (Wildman–Crippen LogP) is 9.30. The summed E-state index contributed by atoms with van der Waals surface area (Å²) in [4.78, 5) is 6.86. The monoisotopic (exact) mass is 548 g/mol. The molecule has 176 valence electrons. The van der Waals surface area contributed by atoms with Crippen LogP contribution in [0.5, 0.6) is 0 Å². The number of hydrogen-bond acceptors (Lipinski definition) is 6. The molecule has 0 aliphatic carbocycles. The highest BCUT2D eigenvalue weighted by Gasteiger charge is 2.52. The van der Waals surface area contributed by atoms with E-state index in [1.54, 1.807) is 4.88 Å². The number of thiol groups is 1. The summed E-state index contributed by atoms with van der Waals surface area (Å²) in [5.74, 6) is 0. The second-order valence-electron chi connectivity index (χ2n) is 9.71. The van der Waals surface area contributed by atoms with Crippen molar-refractivity contribution < 1.29 is 0 Å². The quantitative estimate of drug-likeness (QED) is 0.216. The summed E-state index contributed by atoms with van der Waals surface area (Å²) >= 11 is 12.9. The number of aromatic nitrogens is 1. The first-order chi connectivity index (χ1) is 16.7. The van der Waals surface area contributed by atoms with Gasteiger partial charge in [0.25, 0.3) is 0 Å². The van der Waals surface area contributed by atoms with Crippen molar-refractivity contribution in [3.63, 3.8) is 0 Å². The summed E-state index contributed by atoms with van der Waals surface area (Å²) in [5, 5.41) is 1.79. The fourth-order valence-corrected chi connectivity index (χ4v) is 12.0. The number of aryl methyl sites for hydroxylation is 2. The number of thioether (sulfide) groups is 2. The first-order valence-electron chi connectivity index (χ1n) is 11.6. The minimum atomic E-state index is 0.0956. The highest BCUT2D eigenvalue weighted by molar-refractivity contribution is 8.05. The van der Waals surface area contributed by atoms with Crippen molar-refractivity contribution >= 4 is 85.2 Å². The molecule has 7 heteroatoms. The molecule has 0 saturated heterocycles. The standard InChI is InChI=1S/C28H24N2S5/c1-13-5-7-16(8-6-13)30-19(9-14(2)29)24(31)26-23(30)17-11-21-18(12-20(17)33-26)28(4)27(34-21)25-22(35-28)10-15(3)32-25/h5-12,27,31H,29H2,1-4H3/b14-9+. The van der Waals surface area contributed by atoms with Crippen LogP contribution in [-0.4, -0.2) is 4.57 Å². The number of nitrogens with zero attached hydrogens (tertiary/aromatic N) is 1. The van der Waals surface area contributed by atoms with Crippen LogP contribution in [0.15, 0.2) is 62.8 Å². The number of fused-ring (bicyclic) bond motifs is 8. The van der Waals surface area contributed by atoms with Crippen LogP contribution in [0.3, 0.4) is 0 Å². The van der Waals surface area contributed by atoms with Crippen molar-refractivity contribution in [3.05, 3.63) is 74.7 Å². The number of benzene rings is 2. The lowest BCUT2D eigenvalue weighted by molar-refractivity contribution is 0.705. The molecule has 5 heterocycles. The molecule has 2 N–H and O–H groups in total. The van der Waals surface area contributed by atoms with E-state index in [0.717, 1.165) is 22.0 Å². The summed E-state index contributed by atoms with van der Waals surface area (Å²) in [6.45, 7) is 8.73. The van der Waals surface area contributed by atoms with Gasteiger partial charge in [-0.05, 0) is 69.7 Å². The van der Waals surface area contributed by atoms with E-state index in [1.807, 2.05) is 47.4 Å². The molecular weight excluding hydrogens is 525 g/mol. The van der Waals surface area contributed by atoms with Gasteiger partial charge in [-0.25, -0.2) is 0 Å². The van der Waals surface area contributed by atoms with Crippen molar-refractivity contribution in [1.29, 1.82) is 0 Å². The van der Waals surface area contributed by atoms with Gasteiger partial charge in [0.2, 0.25) is 0 Å². The molecule has 2 aliphatic rings. The molecule has 0 radical (unpaired) electrons. The van der Waals surface area contributed by atoms with Crippen LogP contribution in [0.1, 0.15) is 45.7 Å². The Kier molecular flexibility index (Phi) is 4.88. The molecule has 2 atom stereocenters. The summed E-state index contributed by atoms with van der Waals surface area (Å²) < 4.78 is 4.99. The van der Waals surface area contributed by atoms with Gasteiger partial charge >= 0.3 is 0 Å². The molecule has 0 spiro atoms. The Morgan fingerprint density at radius 2 is 1.86 bits per heavy atom. The van der Waals surface area contributed by atoms with Gasteiger partial charge in [-0.15, -0.1) is 58.8 Å². The van der Waals surface area contributed by atoms with Gasteiger partial charge in [0.15, 0.2) is 0 Å². The van der Waals surface area contributed by atoms with Gasteiger partial charge in [0.1, 0.15) is 0 Å². The van der Waals surface area contributed by atoms with E-state index in [4.69, 9.17) is 18.4 Å². The van der Waals surface area contributed by atoms with Gasteiger partial charge in [-0.2, -0.15) is 0 Å². The fourth-order valence-electron chi connectivity index (χ4n) is 5.42. The van der Waals surface area contributed by atoms with Crippen molar-refractivity contribution in [1.82, 2.24) is 4.57 Å². The maximum atomic E-state index is 6.16. The molecule has 7 rings (SSSR count). The van der Waals surface area contributed by atoms with Crippen molar-refractivity contribution in [3.8, 4) is 5.69 Å². The Morgan fingerprint density at radius 3 is 2.60 bits per heavy atom. The smallest absolute Gasteiger partial charge is 0.0733 e. The molecule has 0 bridgehead atoms. The Bertz CT molecular complexity index is 1710. The summed E-state index contributed by atoms with van der Waals surface area (Å²) in [5.41, 5.74) is 13.1. The third kappa shape index (κ3) is 3.12. The number of hydrogen-bond donors (Lipinski definition) is 2. The maximum absolute atomic E-state index is 6.16. The van der Waals surface area contributed by atoms with Gasteiger partial charge in [-0.1, -0.05) is 17.7 Å². The molecule has 0 saturated carbocycles. The minimum absolute atomic E-state index is 0.0956. The first-order valence-corrected chi connectivity index (χ1v) is 15.3. The minimum Gasteiger partial charge on any atom is -0.402 e. The van der Waals surface area contributed by atoms with E-state index in [0.29, 0.717) is 5.25 Å².